The minimum atomic E-state index is -0.360. The number of unbranched alkanes of at least 4 members (excludes halogenated alkanes) is 33. The average molecular weight is 747 g/mol. The lowest BCUT2D eigenvalue weighted by atomic mass is 9.97. The van der Waals surface area contributed by atoms with E-state index in [-0.39, 0.29) is 24.3 Å². The molecule has 4 nitrogen and oxygen atoms in total. The van der Waals surface area contributed by atoms with Crippen molar-refractivity contribution >= 4 is 11.9 Å². The fourth-order valence-corrected chi connectivity index (χ4v) is 7.45. The summed E-state index contributed by atoms with van der Waals surface area (Å²) >= 11 is 0. The van der Waals surface area contributed by atoms with Gasteiger partial charge in [-0.15, -0.1) is 0 Å². The second-order valence-corrected chi connectivity index (χ2v) is 16.4. The van der Waals surface area contributed by atoms with Gasteiger partial charge < -0.3 is 9.47 Å². The Balaban J connectivity index is 4.15. The average Bonchev–Trinajstić information content (AvgIpc) is 3.16. The van der Waals surface area contributed by atoms with Crippen LogP contribution in [0.25, 0.3) is 0 Å². The van der Waals surface area contributed by atoms with Gasteiger partial charge in [-0.2, -0.15) is 0 Å². The Morgan fingerprint density at radius 2 is 0.736 bits per heavy atom. The van der Waals surface area contributed by atoms with Crippen LogP contribution in [0.2, 0.25) is 0 Å². The van der Waals surface area contributed by atoms with E-state index in [1.54, 1.807) is 0 Å². The van der Waals surface area contributed by atoms with Crippen molar-refractivity contribution in [2.24, 2.45) is 5.92 Å². The van der Waals surface area contributed by atoms with Crippen molar-refractivity contribution in [1.29, 1.82) is 0 Å². The minimum Gasteiger partial charge on any atom is -0.466 e. The van der Waals surface area contributed by atoms with Crippen molar-refractivity contribution in [2.75, 3.05) is 13.2 Å². The molecule has 0 aromatic carbocycles. The summed E-state index contributed by atoms with van der Waals surface area (Å²) < 4.78 is 11.3. The van der Waals surface area contributed by atoms with E-state index in [0.717, 1.165) is 44.9 Å². The van der Waals surface area contributed by atoms with Gasteiger partial charge >= 0.3 is 11.9 Å². The fraction of sp³-hybridized carbons (Fsp3) is 0.918. The first-order chi connectivity index (χ1) is 26.2. The third-order valence-corrected chi connectivity index (χ3v) is 11.1. The number of rotatable bonds is 44. The van der Waals surface area contributed by atoms with Gasteiger partial charge in [0.05, 0.1) is 25.6 Å². The standard InChI is InChI=1S/C49H94O4/c1-4-7-10-13-16-19-22-23-24-25-26-27-28-29-30-31-34-37-40-43-47(49(51)53-45-42-39-36-33-21-18-15-12-9-6-3)46-48(50)52-44-41-38-35-32-20-17-14-11-8-5-2/h7,10,47H,4-6,8-9,11-46H2,1-3H3/b10-7+. The Labute approximate surface area is 332 Å². The molecular weight excluding hydrogens is 653 g/mol. The number of esters is 2. The van der Waals surface area contributed by atoms with Gasteiger partial charge in [0.25, 0.3) is 0 Å². The molecule has 0 bridgehead atoms. The smallest absolute Gasteiger partial charge is 0.309 e. The highest BCUT2D eigenvalue weighted by Gasteiger charge is 2.24. The molecule has 4 heteroatoms. The van der Waals surface area contributed by atoms with Crippen LogP contribution >= 0.6 is 0 Å². The van der Waals surface area contributed by atoms with Crippen LogP contribution in [0.5, 0.6) is 0 Å². The van der Waals surface area contributed by atoms with Crippen molar-refractivity contribution in [3.63, 3.8) is 0 Å². The van der Waals surface area contributed by atoms with Crippen LogP contribution in [-0.2, 0) is 19.1 Å². The molecule has 0 radical (unpaired) electrons. The first-order valence-electron chi connectivity index (χ1n) is 24.1. The van der Waals surface area contributed by atoms with Crippen LogP contribution < -0.4 is 0 Å². The number of ether oxygens (including phenoxy) is 2. The molecule has 0 aliphatic carbocycles. The van der Waals surface area contributed by atoms with Gasteiger partial charge in [0, 0.05) is 0 Å². The summed E-state index contributed by atoms with van der Waals surface area (Å²) in [4.78, 5) is 25.8. The van der Waals surface area contributed by atoms with E-state index in [1.165, 1.54) is 199 Å². The van der Waals surface area contributed by atoms with Gasteiger partial charge in [0.2, 0.25) is 0 Å². The first kappa shape index (κ1) is 51.7. The topological polar surface area (TPSA) is 52.6 Å². The molecule has 0 aromatic heterocycles. The highest BCUT2D eigenvalue weighted by atomic mass is 16.5. The van der Waals surface area contributed by atoms with Crippen molar-refractivity contribution in [3.8, 4) is 0 Å². The summed E-state index contributed by atoms with van der Waals surface area (Å²) in [6.07, 6.45) is 53.1. The fourth-order valence-electron chi connectivity index (χ4n) is 7.45. The largest absolute Gasteiger partial charge is 0.466 e. The lowest BCUT2D eigenvalue weighted by Gasteiger charge is -2.16. The number of carbonyl (C=O) groups is 2. The lowest BCUT2D eigenvalue weighted by Crippen LogP contribution is -2.23. The quantitative estimate of drug-likeness (QED) is 0.0354. The molecule has 314 valence electrons. The number of hydrogen-bond acceptors (Lipinski definition) is 4. The highest BCUT2D eigenvalue weighted by molar-refractivity contribution is 5.79. The maximum absolute atomic E-state index is 13.1. The van der Waals surface area contributed by atoms with Gasteiger partial charge in [0.1, 0.15) is 0 Å². The summed E-state index contributed by atoms with van der Waals surface area (Å²) in [7, 11) is 0. The molecule has 1 unspecified atom stereocenters. The zero-order valence-corrected chi connectivity index (χ0v) is 36.4. The Hall–Kier alpha value is -1.32. The van der Waals surface area contributed by atoms with Crippen LogP contribution in [-0.4, -0.2) is 25.2 Å². The summed E-state index contributed by atoms with van der Waals surface area (Å²) in [5, 5.41) is 0. The molecule has 0 aliphatic heterocycles. The normalized spacial score (nSPS) is 12.1. The van der Waals surface area contributed by atoms with Crippen molar-refractivity contribution in [3.05, 3.63) is 12.2 Å². The molecule has 0 N–H and O–H groups in total. The maximum atomic E-state index is 13.1. The molecule has 0 aliphatic rings. The Bertz CT molecular complexity index is 762. The summed E-state index contributed by atoms with van der Waals surface area (Å²) in [5.74, 6) is -0.768. The maximum Gasteiger partial charge on any atom is 0.309 e. The van der Waals surface area contributed by atoms with E-state index >= 15 is 0 Å². The van der Waals surface area contributed by atoms with Crippen LogP contribution in [0, 0.1) is 5.92 Å². The molecular formula is C49H94O4. The monoisotopic (exact) mass is 747 g/mol. The van der Waals surface area contributed by atoms with E-state index in [9.17, 15) is 9.59 Å². The van der Waals surface area contributed by atoms with Gasteiger partial charge in [-0.25, -0.2) is 0 Å². The van der Waals surface area contributed by atoms with Gasteiger partial charge in [-0.1, -0.05) is 238 Å². The predicted molar refractivity (Wildman–Crippen MR) is 232 cm³/mol. The van der Waals surface area contributed by atoms with Crippen LogP contribution in [0.3, 0.4) is 0 Å². The van der Waals surface area contributed by atoms with E-state index in [0.29, 0.717) is 13.2 Å². The third kappa shape index (κ3) is 41.7. The van der Waals surface area contributed by atoms with Crippen LogP contribution in [0.1, 0.15) is 271 Å². The second kappa shape index (κ2) is 45.1. The number of carbonyl (C=O) groups excluding carboxylic acids is 2. The minimum absolute atomic E-state index is 0.172. The van der Waals surface area contributed by atoms with Gasteiger partial charge in [-0.05, 0) is 38.5 Å². The highest BCUT2D eigenvalue weighted by Crippen LogP contribution is 2.20. The zero-order chi connectivity index (χ0) is 38.6. The molecule has 0 saturated carbocycles. The molecule has 0 rings (SSSR count). The molecule has 0 fully saturated rings. The van der Waals surface area contributed by atoms with E-state index < -0.39 is 0 Å². The number of allylic oxidation sites excluding steroid dienone is 2. The van der Waals surface area contributed by atoms with Crippen LogP contribution in [0.4, 0.5) is 0 Å². The third-order valence-electron chi connectivity index (χ3n) is 11.1. The Morgan fingerprint density at radius 3 is 1.13 bits per heavy atom. The van der Waals surface area contributed by atoms with Gasteiger partial charge in [0.15, 0.2) is 0 Å². The second-order valence-electron chi connectivity index (χ2n) is 16.4. The molecule has 0 saturated heterocycles. The first-order valence-corrected chi connectivity index (χ1v) is 24.1. The SMILES string of the molecule is CC/C=C/CCCCCCCCCCCCCCCCCC(CC(=O)OCCCCCCCCCCCC)C(=O)OCCCCCCCCCCCC. The summed E-state index contributed by atoms with van der Waals surface area (Å²) in [6, 6.07) is 0. The Kier molecular flexibility index (Phi) is 43.9. The molecule has 0 aromatic rings. The van der Waals surface area contributed by atoms with E-state index in [4.69, 9.17) is 9.47 Å². The van der Waals surface area contributed by atoms with Crippen molar-refractivity contribution in [2.45, 2.75) is 271 Å². The summed E-state index contributed by atoms with van der Waals surface area (Å²) in [5.41, 5.74) is 0. The molecule has 1 atom stereocenters. The summed E-state index contributed by atoms with van der Waals surface area (Å²) in [6.45, 7) is 7.70. The van der Waals surface area contributed by atoms with Gasteiger partial charge in [-0.3, -0.25) is 9.59 Å². The van der Waals surface area contributed by atoms with E-state index in [2.05, 4.69) is 32.9 Å². The van der Waals surface area contributed by atoms with E-state index in [1.807, 2.05) is 0 Å². The number of hydrogen-bond donors (Lipinski definition) is 0. The predicted octanol–water partition coefficient (Wildman–Crippen LogP) is 16.5. The molecule has 0 heterocycles. The van der Waals surface area contributed by atoms with Crippen molar-refractivity contribution in [1.82, 2.24) is 0 Å². The molecule has 0 spiro atoms. The van der Waals surface area contributed by atoms with Crippen LogP contribution in [0.15, 0.2) is 12.2 Å². The zero-order valence-electron chi connectivity index (χ0n) is 36.4. The lowest BCUT2D eigenvalue weighted by molar-refractivity contribution is -0.155. The van der Waals surface area contributed by atoms with Crippen molar-refractivity contribution < 1.29 is 19.1 Å². The Morgan fingerprint density at radius 1 is 0.396 bits per heavy atom. The molecule has 53 heavy (non-hydrogen) atoms. The molecule has 0 amide bonds.